The lowest BCUT2D eigenvalue weighted by atomic mass is 10.1. The summed E-state index contributed by atoms with van der Waals surface area (Å²) in [6.45, 7) is 1.64. The van der Waals surface area contributed by atoms with Gasteiger partial charge in [-0.25, -0.2) is 4.79 Å². The fourth-order valence-corrected chi connectivity index (χ4v) is 0.964. The van der Waals surface area contributed by atoms with Crippen molar-refractivity contribution in [1.29, 1.82) is 0 Å². The molecule has 0 atom stereocenters. The quantitative estimate of drug-likeness (QED) is 0.523. The van der Waals surface area contributed by atoms with Crippen LogP contribution >= 0.6 is 0 Å². The number of rotatable bonds is 0. The largest absolute Gasteiger partial charge is 0.348 e. The molecule has 0 spiro atoms. The first-order valence-electron chi connectivity index (χ1n) is 3.25. The predicted molar refractivity (Wildman–Crippen MR) is 41.5 cm³/mol. The van der Waals surface area contributed by atoms with Gasteiger partial charge in [0.25, 0.3) is 5.91 Å². The van der Waals surface area contributed by atoms with Crippen LogP contribution < -0.4 is 5.32 Å². The highest BCUT2D eigenvalue weighted by molar-refractivity contribution is 6.84. The highest BCUT2D eigenvalue weighted by Gasteiger charge is 2.31. The van der Waals surface area contributed by atoms with E-state index < -0.39 is 11.9 Å². The van der Waals surface area contributed by atoms with Crippen molar-refractivity contribution in [1.82, 2.24) is 5.32 Å². The van der Waals surface area contributed by atoms with E-state index in [1.165, 1.54) is 0 Å². The van der Waals surface area contributed by atoms with E-state index in [0.29, 0.717) is 5.71 Å². The summed E-state index contributed by atoms with van der Waals surface area (Å²) >= 11 is 0. The van der Waals surface area contributed by atoms with Crippen LogP contribution in [0.4, 0.5) is 4.79 Å². The zero-order valence-electron chi connectivity index (χ0n) is 6.16. The number of aliphatic imine (C=N–C) groups is 1. The van der Waals surface area contributed by atoms with Crippen molar-refractivity contribution in [2.75, 3.05) is 0 Å². The Morgan fingerprint density at radius 3 is 2.67 bits per heavy atom. The fraction of sp³-hybridized carbons (Fsp3) is 0.167. The molecule has 3 amide bonds. The lowest BCUT2D eigenvalue weighted by molar-refractivity contribution is -0.113. The van der Waals surface area contributed by atoms with Crippen LogP contribution in [0.25, 0.3) is 0 Å². The number of nitrogens with one attached hydrogen (secondary N) is 1. The molecule has 0 saturated heterocycles. The zero-order valence-corrected chi connectivity index (χ0v) is 6.16. The van der Waals surface area contributed by atoms with Crippen molar-refractivity contribution >= 4 is 29.1 Å². The minimum absolute atomic E-state index is 0.118. The lowest BCUT2D eigenvalue weighted by Gasteiger charge is -2.07. The van der Waals surface area contributed by atoms with Crippen molar-refractivity contribution < 1.29 is 9.59 Å². The second-order valence-corrected chi connectivity index (χ2v) is 2.35. The fourth-order valence-electron chi connectivity index (χ4n) is 0.964. The summed E-state index contributed by atoms with van der Waals surface area (Å²) in [5.74, 6) is -0.536. The van der Waals surface area contributed by atoms with Crippen LogP contribution in [0, 0.1) is 0 Å². The number of nitrogens with zero attached hydrogens (tertiary/aromatic N) is 3. The van der Waals surface area contributed by atoms with E-state index >= 15 is 0 Å². The Hall–Kier alpha value is -1.85. The third-order valence-corrected chi connectivity index (χ3v) is 1.52. The van der Waals surface area contributed by atoms with Gasteiger partial charge in [0.15, 0.2) is 5.71 Å². The van der Waals surface area contributed by atoms with Crippen LogP contribution in [-0.2, 0) is 4.79 Å². The van der Waals surface area contributed by atoms with Crippen LogP contribution in [0.5, 0.6) is 0 Å². The molecule has 12 heavy (non-hydrogen) atoms. The molecule has 0 unspecified atom stereocenters. The normalized spacial score (nSPS) is 20.9. The molecule has 0 aromatic heterocycles. The molecule has 0 aliphatic carbocycles. The van der Waals surface area contributed by atoms with Gasteiger partial charge in [-0.05, 0) is 6.92 Å². The second-order valence-electron chi connectivity index (χ2n) is 2.35. The van der Waals surface area contributed by atoms with E-state index in [1.54, 1.807) is 6.92 Å². The maximum absolute atomic E-state index is 11.0. The van der Waals surface area contributed by atoms with Gasteiger partial charge in [-0.1, -0.05) is 0 Å². The van der Waals surface area contributed by atoms with Crippen LogP contribution in [0.1, 0.15) is 6.92 Å². The Bertz CT molecular complexity index is 377. The molecular formula is C6H4N4O2. The third kappa shape index (κ3) is 0.777. The minimum atomic E-state index is -0.662. The minimum Gasteiger partial charge on any atom is -0.271 e. The number of urea groups is 1. The Balaban J connectivity index is 2.53. The predicted octanol–water partition coefficient (Wildman–Crippen LogP) is -0.492. The number of imide groups is 1. The number of carbonyl (C=O) groups excluding carboxylic acids is 2. The summed E-state index contributed by atoms with van der Waals surface area (Å²) < 4.78 is 0. The van der Waals surface area contributed by atoms with Gasteiger partial charge in [-0.2, -0.15) is 10.1 Å². The van der Waals surface area contributed by atoms with Gasteiger partial charge < -0.3 is 0 Å². The molecule has 0 bridgehead atoms. The summed E-state index contributed by atoms with van der Waals surface area (Å²) in [6.07, 6.45) is 0. The Morgan fingerprint density at radius 1 is 1.17 bits per heavy atom. The van der Waals surface area contributed by atoms with Crippen LogP contribution in [0.15, 0.2) is 15.2 Å². The molecule has 0 aromatic carbocycles. The topological polar surface area (TPSA) is 83.2 Å². The zero-order chi connectivity index (χ0) is 8.72. The van der Waals surface area contributed by atoms with Gasteiger partial charge in [0.1, 0.15) is 5.71 Å². The summed E-state index contributed by atoms with van der Waals surface area (Å²) in [7, 11) is 0. The van der Waals surface area contributed by atoms with Gasteiger partial charge in [-0.15, -0.1) is 5.10 Å². The molecule has 0 fully saturated rings. The van der Waals surface area contributed by atoms with Gasteiger partial charge in [-0.3, -0.25) is 10.1 Å². The van der Waals surface area contributed by atoms with Gasteiger partial charge >= 0.3 is 6.03 Å². The Morgan fingerprint density at radius 2 is 1.92 bits per heavy atom. The monoisotopic (exact) mass is 164 g/mol. The summed E-state index contributed by atoms with van der Waals surface area (Å²) in [4.78, 5) is 25.3. The van der Waals surface area contributed by atoms with Crippen molar-refractivity contribution in [3.05, 3.63) is 0 Å². The van der Waals surface area contributed by atoms with Crippen molar-refractivity contribution in [2.45, 2.75) is 6.92 Å². The molecule has 60 valence electrons. The van der Waals surface area contributed by atoms with E-state index in [0.717, 1.165) is 0 Å². The third-order valence-electron chi connectivity index (χ3n) is 1.52. The number of carbonyl (C=O) groups is 2. The number of amides is 3. The number of fused-ring (bicyclic) bond motifs is 1. The van der Waals surface area contributed by atoms with Crippen LogP contribution in [0.2, 0.25) is 0 Å². The van der Waals surface area contributed by atoms with Crippen molar-refractivity contribution in [3.8, 4) is 0 Å². The second kappa shape index (κ2) is 2.07. The highest BCUT2D eigenvalue weighted by atomic mass is 16.2. The number of hydrogen-bond donors (Lipinski definition) is 1. The Kier molecular flexibility index (Phi) is 1.18. The maximum Gasteiger partial charge on any atom is 0.348 e. The molecule has 0 radical (unpaired) electrons. The molecule has 2 aliphatic rings. The van der Waals surface area contributed by atoms with Gasteiger partial charge in [0.2, 0.25) is 0 Å². The van der Waals surface area contributed by atoms with E-state index in [4.69, 9.17) is 0 Å². The summed E-state index contributed by atoms with van der Waals surface area (Å²) in [5, 5.41) is 9.19. The molecule has 2 rings (SSSR count). The van der Waals surface area contributed by atoms with Crippen LogP contribution in [0.3, 0.4) is 0 Å². The molecule has 1 N–H and O–H groups in total. The maximum atomic E-state index is 11.0. The first kappa shape index (κ1) is 6.84. The summed E-state index contributed by atoms with van der Waals surface area (Å²) in [5.41, 5.74) is 0.893. The first-order chi connectivity index (χ1) is 5.68. The van der Waals surface area contributed by atoms with E-state index in [1.807, 2.05) is 5.32 Å². The smallest absolute Gasteiger partial charge is 0.271 e. The van der Waals surface area contributed by atoms with Gasteiger partial charge in [0.05, 0.1) is 5.71 Å². The van der Waals surface area contributed by atoms with E-state index in [2.05, 4.69) is 15.2 Å². The van der Waals surface area contributed by atoms with Crippen molar-refractivity contribution in [2.24, 2.45) is 15.2 Å². The molecule has 2 aliphatic heterocycles. The molecule has 6 heteroatoms. The standard InChI is InChI=1S/C6H4N4O2/c1-2-3-4(10-9-2)5(11)8-6(12)7-3/h1H3,(H,8,11,12). The molecule has 0 saturated carbocycles. The van der Waals surface area contributed by atoms with Gasteiger partial charge in [0, 0.05) is 0 Å². The summed E-state index contributed by atoms with van der Waals surface area (Å²) in [6, 6.07) is -0.662. The van der Waals surface area contributed by atoms with Crippen LogP contribution in [-0.4, -0.2) is 29.1 Å². The molecular weight excluding hydrogens is 160 g/mol. The van der Waals surface area contributed by atoms with E-state index in [9.17, 15) is 9.59 Å². The number of hydrogen-bond acceptors (Lipinski definition) is 4. The average molecular weight is 164 g/mol. The molecule has 0 aromatic rings. The van der Waals surface area contributed by atoms with Crippen molar-refractivity contribution in [3.63, 3.8) is 0 Å². The first-order valence-corrected chi connectivity index (χ1v) is 3.25. The lowest BCUT2D eigenvalue weighted by Crippen LogP contribution is -2.44. The molecule has 2 heterocycles. The highest BCUT2D eigenvalue weighted by Crippen LogP contribution is 2.04. The van der Waals surface area contributed by atoms with E-state index in [-0.39, 0.29) is 11.4 Å². The average Bonchev–Trinajstić information content (AvgIpc) is 2.33. The SMILES string of the molecule is CC1=NN=C2C(=O)NC(=O)N=C12. The Labute approximate surface area is 67.1 Å². The molecule has 6 nitrogen and oxygen atoms in total.